The first-order valence-corrected chi connectivity index (χ1v) is 9.49. The maximum atomic E-state index is 6.13. The van der Waals surface area contributed by atoms with Crippen molar-refractivity contribution in [3.05, 3.63) is 25.1 Å². The molecule has 0 aromatic rings. The summed E-state index contributed by atoms with van der Waals surface area (Å²) in [7, 11) is -2.96. The lowest BCUT2D eigenvalue weighted by molar-refractivity contribution is -0.715. The fourth-order valence-corrected chi connectivity index (χ4v) is 5.97. The second kappa shape index (κ2) is 10.3. The quantitative estimate of drug-likeness (QED) is 0.396. The number of nitrogens with zero attached hydrogens (tertiary/aromatic N) is 2. The van der Waals surface area contributed by atoms with E-state index in [-0.39, 0.29) is 12.4 Å². The molecular formula is C15H29ClN2O3Si. The van der Waals surface area contributed by atoms with Crippen molar-refractivity contribution >= 4 is 14.8 Å². The minimum atomic E-state index is -2.96. The van der Waals surface area contributed by atoms with Gasteiger partial charge in [0, 0.05) is 19.8 Å². The molecule has 0 fully saturated rings. The van der Waals surface area contributed by atoms with Crippen LogP contribution in [0.25, 0.3) is 0 Å². The second-order valence-corrected chi connectivity index (χ2v) is 7.46. The van der Waals surface area contributed by atoms with E-state index in [0.717, 1.165) is 18.8 Å². The van der Waals surface area contributed by atoms with Crippen LogP contribution in [0.3, 0.4) is 0 Å². The van der Waals surface area contributed by atoms with Crippen molar-refractivity contribution in [1.29, 1.82) is 0 Å². The molecule has 1 aliphatic heterocycles. The lowest BCUT2D eigenvalue weighted by Crippen LogP contribution is -3.00. The third-order valence-electron chi connectivity index (χ3n) is 3.38. The van der Waals surface area contributed by atoms with Gasteiger partial charge in [-0.1, -0.05) is 13.0 Å². The van der Waals surface area contributed by atoms with Crippen LogP contribution in [0.15, 0.2) is 30.0 Å². The molecule has 1 aliphatic rings. The number of hydrogen-bond donors (Lipinski definition) is 0. The highest BCUT2D eigenvalue weighted by atomic mass is 35.5. The van der Waals surface area contributed by atoms with Gasteiger partial charge in [-0.3, -0.25) is 0 Å². The monoisotopic (exact) mass is 348 g/mol. The molecule has 1 heterocycles. The van der Waals surface area contributed by atoms with E-state index in [1.807, 2.05) is 33.0 Å². The van der Waals surface area contributed by atoms with Gasteiger partial charge in [0.15, 0.2) is 5.84 Å². The number of aliphatic imine (C=N–C) groups is 1. The van der Waals surface area contributed by atoms with Crippen molar-refractivity contribution in [2.24, 2.45) is 4.99 Å². The topological polar surface area (TPSA) is 40.0 Å². The summed E-state index contributed by atoms with van der Waals surface area (Å²) in [6.07, 6.45) is 7.47. The Morgan fingerprint density at radius 2 is 1.68 bits per heavy atom. The van der Waals surface area contributed by atoms with Crippen molar-refractivity contribution in [3.63, 3.8) is 0 Å². The SMILES string of the molecule is C=CCC1=NC=C[N+]1(CCC)[Si](OCC)(OCC)OCC.[Cl-]. The molecule has 0 aromatic carbocycles. The van der Waals surface area contributed by atoms with Crippen LogP contribution >= 0.6 is 0 Å². The molecule has 0 N–H and O–H groups in total. The average Bonchev–Trinajstić information content (AvgIpc) is 2.85. The molecule has 0 spiro atoms. The molecular weight excluding hydrogens is 320 g/mol. The first kappa shape index (κ1) is 21.5. The van der Waals surface area contributed by atoms with Crippen molar-refractivity contribution in [2.45, 2.75) is 40.5 Å². The zero-order chi connectivity index (χ0) is 15.8. The highest BCUT2D eigenvalue weighted by molar-refractivity contribution is 6.55. The first-order valence-electron chi connectivity index (χ1n) is 7.81. The lowest BCUT2D eigenvalue weighted by atomic mass is 10.3. The van der Waals surface area contributed by atoms with Crippen molar-refractivity contribution in [2.75, 3.05) is 26.4 Å². The summed E-state index contributed by atoms with van der Waals surface area (Å²) in [6.45, 7) is 14.5. The Morgan fingerprint density at radius 3 is 2.09 bits per heavy atom. The van der Waals surface area contributed by atoms with Gasteiger partial charge in [0.1, 0.15) is 6.20 Å². The van der Waals surface area contributed by atoms with Crippen LogP contribution < -0.4 is 12.4 Å². The third kappa shape index (κ3) is 4.07. The van der Waals surface area contributed by atoms with E-state index in [4.69, 9.17) is 13.3 Å². The maximum Gasteiger partial charge on any atom is 0.795 e. The Bertz CT molecular complexity index is 387. The van der Waals surface area contributed by atoms with E-state index in [2.05, 4.69) is 24.7 Å². The van der Waals surface area contributed by atoms with E-state index in [9.17, 15) is 0 Å². The van der Waals surface area contributed by atoms with Crippen LogP contribution in [-0.2, 0) is 13.3 Å². The summed E-state index contributed by atoms with van der Waals surface area (Å²) >= 11 is 0. The van der Waals surface area contributed by atoms with Crippen molar-refractivity contribution < 1.29 is 29.8 Å². The number of amidine groups is 1. The highest BCUT2D eigenvalue weighted by Crippen LogP contribution is 2.32. The van der Waals surface area contributed by atoms with Crippen LogP contribution in [0.1, 0.15) is 40.5 Å². The molecule has 22 heavy (non-hydrogen) atoms. The van der Waals surface area contributed by atoms with Crippen molar-refractivity contribution in [1.82, 2.24) is 0 Å². The third-order valence-corrected chi connectivity index (χ3v) is 6.95. The average molecular weight is 349 g/mol. The Kier molecular flexibility index (Phi) is 10.1. The molecule has 0 aliphatic carbocycles. The number of halogens is 1. The molecule has 0 radical (unpaired) electrons. The molecule has 5 nitrogen and oxygen atoms in total. The van der Waals surface area contributed by atoms with Crippen LogP contribution in [-0.4, -0.2) is 45.3 Å². The van der Waals surface area contributed by atoms with Gasteiger partial charge in [-0.05, 0) is 27.2 Å². The van der Waals surface area contributed by atoms with E-state index < -0.39 is 8.97 Å². The Labute approximate surface area is 142 Å². The largest absolute Gasteiger partial charge is 1.00 e. The Morgan fingerprint density at radius 1 is 1.14 bits per heavy atom. The number of rotatable bonds is 11. The van der Waals surface area contributed by atoms with E-state index in [0.29, 0.717) is 30.4 Å². The first-order chi connectivity index (χ1) is 10.2. The zero-order valence-corrected chi connectivity index (χ0v) is 15.9. The molecule has 1 atom stereocenters. The molecule has 1 unspecified atom stereocenters. The number of quaternary nitrogens is 1. The molecule has 0 amide bonds. The zero-order valence-electron chi connectivity index (χ0n) is 14.2. The molecule has 128 valence electrons. The van der Waals surface area contributed by atoms with Gasteiger partial charge >= 0.3 is 8.97 Å². The van der Waals surface area contributed by atoms with Crippen LogP contribution in [0, 0.1) is 0 Å². The molecule has 0 aromatic heterocycles. The summed E-state index contributed by atoms with van der Waals surface area (Å²) < 4.78 is 18.8. The molecule has 0 saturated carbocycles. The van der Waals surface area contributed by atoms with E-state index >= 15 is 0 Å². The molecule has 0 bridgehead atoms. The van der Waals surface area contributed by atoms with Gasteiger partial charge in [0.2, 0.25) is 0 Å². The maximum absolute atomic E-state index is 6.13. The van der Waals surface area contributed by atoms with Crippen LogP contribution in [0.5, 0.6) is 0 Å². The smallest absolute Gasteiger partial charge is 0.795 e. The second-order valence-electron chi connectivity index (χ2n) is 4.75. The standard InChI is InChI=1S/C15H29N2O3Si.ClH/c1-6-11-15-16-12-14-17(15,13-7-2)21(18-8-3,19-9-4)20-10-5;/h6,12,14H,1,7-11,13H2,2-5H3;1H/q+1;/p-1. The van der Waals surface area contributed by atoms with Crippen LogP contribution in [0.4, 0.5) is 0 Å². The van der Waals surface area contributed by atoms with Crippen molar-refractivity contribution in [3.8, 4) is 0 Å². The molecule has 7 heteroatoms. The van der Waals surface area contributed by atoms with Gasteiger partial charge in [-0.25, -0.2) is 9.14 Å². The Balaban J connectivity index is 0.00000441. The Hall–Kier alpha value is -0.503. The van der Waals surface area contributed by atoms with Gasteiger partial charge in [0.25, 0.3) is 0 Å². The van der Waals surface area contributed by atoms with Gasteiger partial charge in [-0.15, -0.1) is 6.58 Å². The normalized spacial score (nSPS) is 20.6. The van der Waals surface area contributed by atoms with E-state index in [1.165, 1.54) is 0 Å². The van der Waals surface area contributed by atoms with Crippen LogP contribution in [0.2, 0.25) is 0 Å². The minimum Gasteiger partial charge on any atom is -1.00 e. The highest BCUT2D eigenvalue weighted by Gasteiger charge is 2.68. The summed E-state index contributed by atoms with van der Waals surface area (Å²) in [5, 5.41) is 0. The van der Waals surface area contributed by atoms with E-state index in [1.54, 1.807) is 0 Å². The molecule has 0 saturated heterocycles. The molecule has 1 rings (SSSR count). The predicted octanol–water partition coefficient (Wildman–Crippen LogP) is 0.222. The summed E-state index contributed by atoms with van der Waals surface area (Å²) in [4.78, 5) is 4.54. The predicted molar refractivity (Wildman–Crippen MR) is 87.4 cm³/mol. The lowest BCUT2D eigenvalue weighted by Gasteiger charge is -2.42. The number of hydrogen-bond acceptors (Lipinski definition) is 4. The fourth-order valence-electron chi connectivity index (χ4n) is 2.73. The van der Waals surface area contributed by atoms with Gasteiger partial charge in [-0.2, -0.15) is 0 Å². The summed E-state index contributed by atoms with van der Waals surface area (Å²) in [6, 6.07) is 0. The summed E-state index contributed by atoms with van der Waals surface area (Å²) in [5.41, 5.74) is 0. The summed E-state index contributed by atoms with van der Waals surface area (Å²) in [5.74, 6) is 0.994. The van der Waals surface area contributed by atoms with Gasteiger partial charge in [0.05, 0.1) is 19.2 Å². The minimum absolute atomic E-state index is 0. The fraction of sp³-hybridized carbons (Fsp3) is 0.667. The van der Waals surface area contributed by atoms with Gasteiger partial charge < -0.3 is 25.7 Å².